The Labute approximate surface area is 307 Å². The molecule has 0 rings (SSSR count). The van der Waals surface area contributed by atoms with E-state index in [0.717, 1.165) is 57.8 Å². The lowest BCUT2D eigenvalue weighted by Crippen LogP contribution is -2.37. The average Bonchev–Trinajstić information content (AvgIpc) is 3.06. The number of allylic oxidation sites excluding steroid dienone is 2. The van der Waals surface area contributed by atoms with E-state index in [9.17, 15) is 19.0 Å². The van der Waals surface area contributed by atoms with Crippen LogP contribution in [0.1, 0.15) is 181 Å². The minimum atomic E-state index is -4.61. The Balaban J connectivity index is 4.36. The van der Waals surface area contributed by atoms with Crippen molar-refractivity contribution in [3.63, 3.8) is 0 Å². The molecule has 0 aliphatic heterocycles. The highest BCUT2D eigenvalue weighted by molar-refractivity contribution is 7.45. The van der Waals surface area contributed by atoms with Crippen LogP contribution >= 0.6 is 7.82 Å². The largest absolute Gasteiger partial charge is 0.756 e. The van der Waals surface area contributed by atoms with Crippen molar-refractivity contribution < 1.29 is 42.1 Å². The highest BCUT2D eigenvalue weighted by Gasteiger charge is 2.21. The Morgan fingerprint density at radius 3 is 1.54 bits per heavy atom. The zero-order valence-electron chi connectivity index (χ0n) is 33.1. The van der Waals surface area contributed by atoms with E-state index < -0.39 is 26.5 Å². The standard InChI is InChI=1S/C40H78NO8P/c1-6-8-10-12-14-16-18-19-20-21-23-24-26-28-30-32-39(42)46-36-38(37-48-50(44,45)47-35-34-41(3,4)5)49-40(43)33-31-29-27-25-22-17-15-13-11-9-7-2/h13,15,38H,6-12,14,16-37H2,1-5H3/b15-13-. The van der Waals surface area contributed by atoms with Gasteiger partial charge >= 0.3 is 11.9 Å². The Morgan fingerprint density at radius 2 is 1.04 bits per heavy atom. The van der Waals surface area contributed by atoms with Gasteiger partial charge in [0.2, 0.25) is 0 Å². The van der Waals surface area contributed by atoms with Crippen LogP contribution in [0.3, 0.4) is 0 Å². The van der Waals surface area contributed by atoms with Gasteiger partial charge in [-0.25, -0.2) is 0 Å². The summed E-state index contributed by atoms with van der Waals surface area (Å²) in [6, 6.07) is 0. The number of hydrogen-bond acceptors (Lipinski definition) is 8. The van der Waals surface area contributed by atoms with E-state index in [4.69, 9.17) is 18.5 Å². The molecule has 0 radical (unpaired) electrons. The topological polar surface area (TPSA) is 111 Å². The Kier molecular flexibility index (Phi) is 32.7. The molecular weight excluding hydrogens is 653 g/mol. The summed E-state index contributed by atoms with van der Waals surface area (Å²) < 4.78 is 33.8. The lowest BCUT2D eigenvalue weighted by molar-refractivity contribution is -0.870. The SMILES string of the molecule is CCCC/C=C\CCCCCCCC(=O)OC(COC(=O)CCCCCCCCCCCCCCCCC)COP(=O)([O-])OCC[N+](C)(C)C. The number of hydrogen-bond donors (Lipinski definition) is 0. The third-order valence-electron chi connectivity index (χ3n) is 8.79. The third kappa shape index (κ3) is 36.5. The Bertz CT molecular complexity index is 876. The highest BCUT2D eigenvalue weighted by Crippen LogP contribution is 2.38. The van der Waals surface area contributed by atoms with Gasteiger partial charge in [-0.2, -0.15) is 0 Å². The maximum atomic E-state index is 12.6. The first-order valence-corrected chi connectivity index (χ1v) is 21.9. The minimum absolute atomic E-state index is 0.0296. The maximum Gasteiger partial charge on any atom is 0.306 e. The van der Waals surface area contributed by atoms with Crippen molar-refractivity contribution in [3.05, 3.63) is 12.2 Å². The molecule has 0 fully saturated rings. The summed E-state index contributed by atoms with van der Waals surface area (Å²) in [5.74, 6) is -0.840. The zero-order valence-corrected chi connectivity index (χ0v) is 34.0. The smallest absolute Gasteiger partial charge is 0.306 e. The molecule has 0 aromatic rings. The van der Waals surface area contributed by atoms with E-state index in [1.807, 2.05) is 21.1 Å². The van der Waals surface area contributed by atoms with Crippen LogP contribution < -0.4 is 4.89 Å². The number of rotatable bonds is 37. The molecule has 2 atom stereocenters. The Morgan fingerprint density at radius 1 is 0.600 bits per heavy atom. The van der Waals surface area contributed by atoms with Crippen molar-refractivity contribution >= 4 is 19.8 Å². The highest BCUT2D eigenvalue weighted by atomic mass is 31.2. The molecule has 0 aliphatic carbocycles. The Hall–Kier alpha value is -1.25. The van der Waals surface area contributed by atoms with E-state index in [1.165, 1.54) is 89.9 Å². The molecule has 0 spiro atoms. The monoisotopic (exact) mass is 732 g/mol. The van der Waals surface area contributed by atoms with Crippen LogP contribution in [0, 0.1) is 0 Å². The van der Waals surface area contributed by atoms with E-state index in [-0.39, 0.29) is 32.0 Å². The molecular formula is C40H78NO8P. The van der Waals surface area contributed by atoms with Gasteiger partial charge in [0.1, 0.15) is 19.8 Å². The molecule has 0 heterocycles. The summed E-state index contributed by atoms with van der Waals surface area (Å²) in [7, 11) is 1.17. The fraction of sp³-hybridized carbons (Fsp3) is 0.900. The van der Waals surface area contributed by atoms with Crippen LogP contribution in [0.4, 0.5) is 0 Å². The van der Waals surface area contributed by atoms with Gasteiger partial charge in [-0.15, -0.1) is 0 Å². The van der Waals surface area contributed by atoms with Crippen LogP contribution in [-0.2, 0) is 32.7 Å². The van der Waals surface area contributed by atoms with Crippen LogP contribution in [-0.4, -0.2) is 70.0 Å². The fourth-order valence-electron chi connectivity index (χ4n) is 5.52. The number of carbonyl (C=O) groups excluding carboxylic acids is 2. The molecule has 10 heteroatoms. The summed E-state index contributed by atoms with van der Waals surface area (Å²) in [6.07, 6.45) is 32.3. The van der Waals surface area contributed by atoms with Gasteiger partial charge < -0.3 is 27.9 Å². The zero-order chi connectivity index (χ0) is 37.2. The molecule has 50 heavy (non-hydrogen) atoms. The summed E-state index contributed by atoms with van der Waals surface area (Å²) in [5, 5.41) is 0. The molecule has 2 unspecified atom stereocenters. The molecule has 0 bridgehead atoms. The molecule has 0 aliphatic rings. The second-order valence-electron chi connectivity index (χ2n) is 15.0. The van der Waals surface area contributed by atoms with E-state index in [2.05, 4.69) is 26.0 Å². The van der Waals surface area contributed by atoms with Crippen LogP contribution in [0.2, 0.25) is 0 Å². The quantitative estimate of drug-likeness (QED) is 0.0204. The number of nitrogens with zero attached hydrogens (tertiary/aromatic N) is 1. The van der Waals surface area contributed by atoms with Crippen molar-refractivity contribution in [1.29, 1.82) is 0 Å². The summed E-state index contributed by atoms with van der Waals surface area (Å²) >= 11 is 0. The number of ether oxygens (including phenoxy) is 2. The van der Waals surface area contributed by atoms with Crippen molar-refractivity contribution in [1.82, 2.24) is 0 Å². The van der Waals surface area contributed by atoms with Gasteiger partial charge in [-0.05, 0) is 32.1 Å². The normalized spacial score (nSPS) is 13.8. The fourth-order valence-corrected chi connectivity index (χ4v) is 6.25. The number of esters is 2. The van der Waals surface area contributed by atoms with Gasteiger partial charge in [0.25, 0.3) is 7.82 Å². The molecule has 0 N–H and O–H groups in total. The lowest BCUT2D eigenvalue weighted by Gasteiger charge is -2.28. The number of quaternary nitrogens is 1. The summed E-state index contributed by atoms with van der Waals surface area (Å²) in [5.41, 5.74) is 0. The maximum absolute atomic E-state index is 12.6. The van der Waals surface area contributed by atoms with E-state index in [0.29, 0.717) is 17.4 Å². The number of carbonyl (C=O) groups is 2. The second kappa shape index (κ2) is 33.6. The molecule has 0 saturated heterocycles. The average molecular weight is 732 g/mol. The molecule has 9 nitrogen and oxygen atoms in total. The first-order valence-electron chi connectivity index (χ1n) is 20.4. The minimum Gasteiger partial charge on any atom is -0.756 e. The second-order valence-corrected chi connectivity index (χ2v) is 16.4. The third-order valence-corrected chi connectivity index (χ3v) is 9.75. The molecule has 296 valence electrons. The van der Waals surface area contributed by atoms with E-state index >= 15 is 0 Å². The van der Waals surface area contributed by atoms with Crippen molar-refractivity contribution in [3.8, 4) is 0 Å². The molecule has 0 aromatic carbocycles. The lowest BCUT2D eigenvalue weighted by atomic mass is 10.0. The first kappa shape index (κ1) is 48.8. The molecule has 0 saturated carbocycles. The van der Waals surface area contributed by atoms with Gasteiger partial charge in [0.05, 0.1) is 27.7 Å². The van der Waals surface area contributed by atoms with Crippen molar-refractivity contribution in [2.75, 3.05) is 47.5 Å². The van der Waals surface area contributed by atoms with E-state index in [1.54, 1.807) is 0 Å². The summed E-state index contributed by atoms with van der Waals surface area (Å²) in [4.78, 5) is 37.3. The number of unbranched alkanes of at least 4 members (excludes halogenated alkanes) is 21. The number of likely N-dealkylation sites (N-methyl/N-ethyl adjacent to an activating group) is 1. The number of phosphoric ester groups is 1. The van der Waals surface area contributed by atoms with Gasteiger partial charge in [0.15, 0.2) is 6.10 Å². The van der Waals surface area contributed by atoms with Crippen molar-refractivity contribution in [2.45, 2.75) is 187 Å². The summed E-state index contributed by atoms with van der Waals surface area (Å²) in [6.45, 7) is 4.18. The predicted molar refractivity (Wildman–Crippen MR) is 204 cm³/mol. The molecule has 0 amide bonds. The van der Waals surface area contributed by atoms with Gasteiger partial charge in [0, 0.05) is 12.8 Å². The van der Waals surface area contributed by atoms with Crippen molar-refractivity contribution in [2.24, 2.45) is 0 Å². The first-order chi connectivity index (χ1) is 24.0. The van der Waals surface area contributed by atoms with Crippen LogP contribution in [0.5, 0.6) is 0 Å². The molecule has 0 aromatic heterocycles. The predicted octanol–water partition coefficient (Wildman–Crippen LogP) is 10.4. The number of phosphoric acid groups is 1. The van der Waals surface area contributed by atoms with Gasteiger partial charge in [-0.1, -0.05) is 148 Å². The van der Waals surface area contributed by atoms with Crippen LogP contribution in [0.15, 0.2) is 12.2 Å². The van der Waals surface area contributed by atoms with Gasteiger partial charge in [-0.3, -0.25) is 14.2 Å². The van der Waals surface area contributed by atoms with Crippen LogP contribution in [0.25, 0.3) is 0 Å².